The van der Waals surface area contributed by atoms with Gasteiger partial charge in [-0.15, -0.1) is 0 Å². The van der Waals surface area contributed by atoms with Gasteiger partial charge in [0.15, 0.2) is 5.82 Å². The molecule has 1 aromatic rings. The lowest BCUT2D eigenvalue weighted by molar-refractivity contribution is 0.113. The number of anilines is 1. The number of nitrogens with two attached hydrogens (primary N) is 1. The van der Waals surface area contributed by atoms with Gasteiger partial charge in [-0.2, -0.15) is 9.40 Å². The third kappa shape index (κ3) is 3.19. The maximum atomic E-state index is 12.4. The molecule has 0 amide bonds. The smallest absolute Gasteiger partial charge is 0.252 e. The summed E-state index contributed by atoms with van der Waals surface area (Å²) in [6.07, 6.45) is -2.85. The zero-order chi connectivity index (χ0) is 14.8. The lowest BCUT2D eigenvalue weighted by atomic mass is 10.5. The predicted molar refractivity (Wildman–Crippen MR) is 64.2 cm³/mol. The first-order valence-electron chi connectivity index (χ1n) is 5.40. The van der Waals surface area contributed by atoms with E-state index in [-0.39, 0.29) is 16.4 Å². The highest BCUT2D eigenvalue weighted by molar-refractivity contribution is 7.89. The number of sulfonamides is 1. The molecule has 0 bridgehead atoms. The van der Waals surface area contributed by atoms with Crippen molar-refractivity contribution >= 4 is 15.8 Å². The van der Waals surface area contributed by atoms with Crippen LogP contribution in [0.25, 0.3) is 0 Å². The van der Waals surface area contributed by atoms with Crippen LogP contribution in [-0.4, -0.2) is 53.7 Å². The summed E-state index contributed by atoms with van der Waals surface area (Å²) in [4.78, 5) is -0.302. The minimum Gasteiger partial charge on any atom is -0.395 e. The number of nitrogen functional groups attached to an aromatic ring is 1. The molecule has 0 aliphatic heterocycles. The molecule has 1 rings (SSSR count). The van der Waals surface area contributed by atoms with Crippen LogP contribution in [-0.2, 0) is 17.1 Å². The number of halogens is 2. The van der Waals surface area contributed by atoms with Crippen molar-refractivity contribution in [2.24, 2.45) is 7.05 Å². The zero-order valence-electron chi connectivity index (χ0n) is 10.5. The number of hydrogen-bond donors (Lipinski definition) is 2. The van der Waals surface area contributed by atoms with Crippen LogP contribution in [0.1, 0.15) is 5.69 Å². The fourth-order valence-electron chi connectivity index (χ4n) is 1.64. The Labute approximate surface area is 109 Å². The van der Waals surface area contributed by atoms with Crippen LogP contribution in [0.3, 0.4) is 0 Å². The molecule has 0 fully saturated rings. The van der Waals surface area contributed by atoms with Gasteiger partial charge < -0.3 is 10.8 Å². The van der Waals surface area contributed by atoms with E-state index in [0.29, 0.717) is 4.31 Å². The van der Waals surface area contributed by atoms with E-state index in [9.17, 15) is 17.2 Å². The number of rotatable bonds is 6. The Balaban J connectivity index is 3.26. The molecule has 0 aromatic carbocycles. The summed E-state index contributed by atoms with van der Waals surface area (Å²) in [6.45, 7) is -0.530. The lowest BCUT2D eigenvalue weighted by Crippen LogP contribution is -2.37. The van der Waals surface area contributed by atoms with Crippen molar-refractivity contribution in [1.82, 2.24) is 14.1 Å². The first-order chi connectivity index (χ1) is 8.71. The second kappa shape index (κ2) is 5.80. The summed E-state index contributed by atoms with van der Waals surface area (Å²) in [5.74, 6) is -0.253. The fourth-order valence-corrected chi connectivity index (χ4v) is 3.34. The summed E-state index contributed by atoms with van der Waals surface area (Å²) in [5.41, 5.74) is 5.75. The maximum Gasteiger partial charge on any atom is 0.252 e. The number of aliphatic hydroxyl groups excluding tert-OH is 1. The van der Waals surface area contributed by atoms with Crippen LogP contribution in [0, 0.1) is 6.92 Å². The predicted octanol–water partition coefficient (Wildman–Crippen LogP) is -0.441. The van der Waals surface area contributed by atoms with Gasteiger partial charge in [-0.1, -0.05) is 0 Å². The van der Waals surface area contributed by atoms with E-state index in [4.69, 9.17) is 10.8 Å². The summed E-state index contributed by atoms with van der Waals surface area (Å²) in [5, 5.41) is 12.5. The molecular weight excluding hydrogens is 282 g/mol. The first-order valence-corrected chi connectivity index (χ1v) is 6.84. The Morgan fingerprint density at radius 1 is 1.53 bits per heavy atom. The number of alkyl halides is 2. The normalized spacial score (nSPS) is 12.6. The van der Waals surface area contributed by atoms with Crippen molar-refractivity contribution in [2.45, 2.75) is 18.2 Å². The van der Waals surface area contributed by atoms with E-state index in [1.165, 1.54) is 18.7 Å². The van der Waals surface area contributed by atoms with Crippen molar-refractivity contribution in [3.8, 4) is 0 Å². The number of aliphatic hydroxyl groups is 1. The number of aromatic nitrogens is 2. The average Bonchev–Trinajstić information content (AvgIpc) is 2.52. The molecule has 0 atom stereocenters. The Hall–Kier alpha value is -1.26. The number of nitrogens with zero attached hydrogens (tertiary/aromatic N) is 3. The molecule has 0 radical (unpaired) electrons. The Morgan fingerprint density at radius 2 is 2.11 bits per heavy atom. The summed E-state index contributed by atoms with van der Waals surface area (Å²) < 4.78 is 51.1. The largest absolute Gasteiger partial charge is 0.395 e. The maximum absolute atomic E-state index is 12.4. The average molecular weight is 298 g/mol. The molecule has 19 heavy (non-hydrogen) atoms. The molecule has 0 saturated carbocycles. The Bertz CT molecular complexity index is 544. The van der Waals surface area contributed by atoms with E-state index in [2.05, 4.69) is 5.10 Å². The van der Waals surface area contributed by atoms with Gasteiger partial charge in [-0.25, -0.2) is 17.2 Å². The molecule has 0 spiro atoms. The molecule has 1 aromatic heterocycles. The standard InChI is InChI=1S/C9H16F2N4O3S/c1-6-8(9(12)13-14(6)2)19(17,18)15(3-4-16)5-7(10)11/h7,16H,3-5H2,1-2H3,(H2,12,13). The summed E-state index contributed by atoms with van der Waals surface area (Å²) >= 11 is 0. The second-order valence-corrected chi connectivity index (χ2v) is 5.78. The highest BCUT2D eigenvalue weighted by Gasteiger charge is 2.32. The monoisotopic (exact) mass is 298 g/mol. The molecule has 3 N–H and O–H groups in total. The topological polar surface area (TPSA) is 101 Å². The highest BCUT2D eigenvalue weighted by Crippen LogP contribution is 2.25. The van der Waals surface area contributed by atoms with Crippen LogP contribution in [0.5, 0.6) is 0 Å². The lowest BCUT2D eigenvalue weighted by Gasteiger charge is -2.20. The Kier molecular flexibility index (Phi) is 4.82. The third-order valence-corrected chi connectivity index (χ3v) is 4.63. The minimum absolute atomic E-state index is 0.245. The van der Waals surface area contributed by atoms with Crippen LogP contribution in [0.2, 0.25) is 0 Å². The van der Waals surface area contributed by atoms with Crippen LogP contribution >= 0.6 is 0 Å². The molecule has 1 heterocycles. The van der Waals surface area contributed by atoms with Gasteiger partial charge in [-0.05, 0) is 6.92 Å². The van der Waals surface area contributed by atoms with Gasteiger partial charge >= 0.3 is 0 Å². The quantitative estimate of drug-likeness (QED) is 0.741. The van der Waals surface area contributed by atoms with Gasteiger partial charge in [0.1, 0.15) is 4.90 Å². The molecule has 0 unspecified atom stereocenters. The molecule has 0 aliphatic carbocycles. The van der Waals surface area contributed by atoms with E-state index >= 15 is 0 Å². The van der Waals surface area contributed by atoms with Crippen molar-refractivity contribution in [3.05, 3.63) is 5.69 Å². The van der Waals surface area contributed by atoms with E-state index in [1.807, 2.05) is 0 Å². The SMILES string of the molecule is Cc1c(S(=O)(=O)N(CCO)CC(F)F)c(N)nn1C. The molecule has 7 nitrogen and oxygen atoms in total. The second-order valence-electron chi connectivity index (χ2n) is 3.90. The molecule has 10 heteroatoms. The zero-order valence-corrected chi connectivity index (χ0v) is 11.4. The van der Waals surface area contributed by atoms with Gasteiger partial charge in [0, 0.05) is 13.6 Å². The fraction of sp³-hybridized carbons (Fsp3) is 0.667. The van der Waals surface area contributed by atoms with E-state index < -0.39 is 36.1 Å². The van der Waals surface area contributed by atoms with Gasteiger partial charge in [0.2, 0.25) is 10.0 Å². The van der Waals surface area contributed by atoms with Crippen LogP contribution in [0.15, 0.2) is 4.90 Å². The van der Waals surface area contributed by atoms with E-state index in [0.717, 1.165) is 0 Å². The van der Waals surface area contributed by atoms with Gasteiger partial charge in [-0.3, -0.25) is 4.68 Å². The number of hydrogen-bond acceptors (Lipinski definition) is 5. The van der Waals surface area contributed by atoms with Crippen LogP contribution in [0.4, 0.5) is 14.6 Å². The number of aryl methyl sites for hydroxylation is 1. The minimum atomic E-state index is -4.21. The highest BCUT2D eigenvalue weighted by atomic mass is 32.2. The van der Waals surface area contributed by atoms with Gasteiger partial charge in [0.05, 0.1) is 18.8 Å². The molecule has 0 aliphatic rings. The van der Waals surface area contributed by atoms with E-state index in [1.54, 1.807) is 0 Å². The van der Waals surface area contributed by atoms with Crippen molar-refractivity contribution < 1.29 is 22.3 Å². The summed E-state index contributed by atoms with van der Waals surface area (Å²) in [7, 11) is -2.72. The summed E-state index contributed by atoms with van der Waals surface area (Å²) in [6, 6.07) is 0. The Morgan fingerprint density at radius 3 is 2.47 bits per heavy atom. The first kappa shape index (κ1) is 15.8. The molecule has 0 saturated heterocycles. The van der Waals surface area contributed by atoms with Crippen molar-refractivity contribution in [1.29, 1.82) is 0 Å². The third-order valence-electron chi connectivity index (χ3n) is 2.59. The van der Waals surface area contributed by atoms with Crippen molar-refractivity contribution in [2.75, 3.05) is 25.4 Å². The molecular formula is C9H16F2N4O3S. The van der Waals surface area contributed by atoms with Crippen LogP contribution < -0.4 is 5.73 Å². The van der Waals surface area contributed by atoms with Crippen molar-refractivity contribution in [3.63, 3.8) is 0 Å². The van der Waals surface area contributed by atoms with Gasteiger partial charge in [0.25, 0.3) is 6.43 Å². The molecule has 110 valence electrons.